The Morgan fingerprint density at radius 2 is 2.15 bits per heavy atom. The molecule has 1 aromatic rings. The number of nitrogens with one attached hydrogen (secondary N) is 2. The number of benzene rings is 1. The van der Waals surface area contributed by atoms with Crippen LogP contribution in [0, 0.1) is 5.92 Å². The monoisotopic (exact) mass is 340 g/mol. The molecule has 1 aromatic carbocycles. The van der Waals surface area contributed by atoms with E-state index in [1.54, 1.807) is 0 Å². The van der Waals surface area contributed by atoms with Crippen molar-refractivity contribution >= 4 is 27.5 Å². The van der Waals surface area contributed by atoms with Crippen molar-refractivity contribution in [2.75, 3.05) is 31.6 Å². The van der Waals surface area contributed by atoms with Crippen LogP contribution >= 0.6 is 15.9 Å². The van der Waals surface area contributed by atoms with E-state index in [0.29, 0.717) is 6.54 Å². The molecule has 0 saturated heterocycles. The normalized spacial score (nSPS) is 14.2. The van der Waals surface area contributed by atoms with E-state index in [1.165, 1.54) is 12.8 Å². The van der Waals surface area contributed by atoms with Gasteiger partial charge in [-0.25, -0.2) is 0 Å². The van der Waals surface area contributed by atoms with Gasteiger partial charge in [0.05, 0.1) is 12.2 Å². The van der Waals surface area contributed by atoms with Gasteiger partial charge in [-0.2, -0.15) is 0 Å². The number of hydrogen-bond acceptors (Lipinski definition) is 3. The fraction of sp³-hybridized carbons (Fsp3) is 0.533. The van der Waals surface area contributed by atoms with Gasteiger partial charge in [-0.15, -0.1) is 0 Å². The van der Waals surface area contributed by atoms with Gasteiger partial charge >= 0.3 is 0 Å². The van der Waals surface area contributed by atoms with Crippen molar-refractivity contribution < 1.29 is 9.53 Å². The van der Waals surface area contributed by atoms with Crippen LogP contribution in [-0.4, -0.2) is 32.2 Å². The first-order chi connectivity index (χ1) is 9.75. The smallest absolute Gasteiger partial charge is 0.238 e. The Morgan fingerprint density at radius 3 is 2.90 bits per heavy atom. The fourth-order valence-corrected chi connectivity index (χ4v) is 2.18. The van der Waals surface area contributed by atoms with E-state index >= 15 is 0 Å². The van der Waals surface area contributed by atoms with Crippen LogP contribution in [0.2, 0.25) is 0 Å². The number of amides is 1. The second-order valence-electron chi connectivity index (χ2n) is 5.08. The van der Waals surface area contributed by atoms with E-state index in [2.05, 4.69) is 26.6 Å². The van der Waals surface area contributed by atoms with Crippen LogP contribution in [0.25, 0.3) is 0 Å². The fourth-order valence-electron chi connectivity index (χ4n) is 1.79. The molecule has 0 spiro atoms. The van der Waals surface area contributed by atoms with E-state index in [1.807, 2.05) is 24.3 Å². The van der Waals surface area contributed by atoms with Gasteiger partial charge in [-0.05, 0) is 59.8 Å². The number of rotatable bonds is 9. The Kier molecular flexibility index (Phi) is 6.50. The third-order valence-electron chi connectivity index (χ3n) is 3.13. The zero-order valence-corrected chi connectivity index (χ0v) is 13.1. The number of hydrogen-bond donors (Lipinski definition) is 2. The standard InChI is InChI=1S/C15H21BrN2O2/c16-13-4-1-2-5-14(13)18-15(19)10-17-8-3-9-20-11-12-6-7-12/h1-2,4-5,12,17H,3,6-11H2,(H,18,19). The first-order valence-electron chi connectivity index (χ1n) is 7.08. The zero-order chi connectivity index (χ0) is 14.2. The minimum Gasteiger partial charge on any atom is -0.381 e. The molecule has 1 amide bonds. The lowest BCUT2D eigenvalue weighted by Crippen LogP contribution is -2.29. The summed E-state index contributed by atoms with van der Waals surface area (Å²) in [4.78, 5) is 11.7. The van der Waals surface area contributed by atoms with Crippen molar-refractivity contribution in [2.45, 2.75) is 19.3 Å². The maximum Gasteiger partial charge on any atom is 0.238 e. The third-order valence-corrected chi connectivity index (χ3v) is 3.82. The highest BCUT2D eigenvalue weighted by Gasteiger charge is 2.20. The molecule has 4 nitrogen and oxygen atoms in total. The van der Waals surface area contributed by atoms with Gasteiger partial charge in [0, 0.05) is 17.7 Å². The molecule has 0 aliphatic heterocycles. The molecule has 5 heteroatoms. The second-order valence-corrected chi connectivity index (χ2v) is 5.93. The van der Waals surface area contributed by atoms with Gasteiger partial charge in [0.25, 0.3) is 0 Å². The molecule has 1 aliphatic rings. The zero-order valence-electron chi connectivity index (χ0n) is 11.5. The molecule has 0 aromatic heterocycles. The van der Waals surface area contributed by atoms with Crippen LogP contribution in [0.4, 0.5) is 5.69 Å². The van der Waals surface area contributed by atoms with E-state index in [0.717, 1.165) is 42.3 Å². The third kappa shape index (κ3) is 6.03. The van der Waals surface area contributed by atoms with Crippen molar-refractivity contribution in [1.82, 2.24) is 5.32 Å². The molecule has 0 atom stereocenters. The topological polar surface area (TPSA) is 50.4 Å². The average molecular weight is 341 g/mol. The summed E-state index contributed by atoms with van der Waals surface area (Å²) in [7, 11) is 0. The van der Waals surface area contributed by atoms with Gasteiger partial charge < -0.3 is 15.4 Å². The molecule has 0 unspecified atom stereocenters. The Bertz CT molecular complexity index is 436. The molecule has 2 rings (SSSR count). The van der Waals surface area contributed by atoms with Crippen molar-refractivity contribution in [3.63, 3.8) is 0 Å². The number of carbonyl (C=O) groups excluding carboxylic acids is 1. The van der Waals surface area contributed by atoms with Crippen LogP contribution in [0.1, 0.15) is 19.3 Å². The molecule has 20 heavy (non-hydrogen) atoms. The number of anilines is 1. The largest absolute Gasteiger partial charge is 0.381 e. The van der Waals surface area contributed by atoms with Crippen LogP contribution < -0.4 is 10.6 Å². The summed E-state index contributed by atoms with van der Waals surface area (Å²) in [6, 6.07) is 7.58. The van der Waals surface area contributed by atoms with E-state index in [4.69, 9.17) is 4.74 Å². The number of para-hydroxylation sites is 1. The molecular weight excluding hydrogens is 320 g/mol. The van der Waals surface area contributed by atoms with E-state index in [9.17, 15) is 4.79 Å². The molecular formula is C15H21BrN2O2. The van der Waals surface area contributed by atoms with E-state index in [-0.39, 0.29) is 5.91 Å². The lowest BCUT2D eigenvalue weighted by Gasteiger charge is -2.08. The minimum absolute atomic E-state index is 0.0317. The molecule has 0 bridgehead atoms. The van der Waals surface area contributed by atoms with Crippen LogP contribution in [0.5, 0.6) is 0 Å². The van der Waals surface area contributed by atoms with Crippen LogP contribution in [0.3, 0.4) is 0 Å². The molecule has 0 radical (unpaired) electrons. The Hall–Kier alpha value is -0.910. The first-order valence-corrected chi connectivity index (χ1v) is 7.88. The van der Waals surface area contributed by atoms with Gasteiger partial charge in [-0.1, -0.05) is 12.1 Å². The van der Waals surface area contributed by atoms with Crippen LogP contribution in [-0.2, 0) is 9.53 Å². The Morgan fingerprint density at radius 1 is 1.35 bits per heavy atom. The molecule has 1 fully saturated rings. The summed E-state index contributed by atoms with van der Waals surface area (Å²) >= 11 is 3.40. The van der Waals surface area contributed by atoms with Crippen LogP contribution in [0.15, 0.2) is 28.7 Å². The lowest BCUT2D eigenvalue weighted by atomic mass is 10.3. The molecule has 110 valence electrons. The van der Waals surface area contributed by atoms with Crippen molar-refractivity contribution in [1.29, 1.82) is 0 Å². The second kappa shape index (κ2) is 8.39. The summed E-state index contributed by atoms with van der Waals surface area (Å²) < 4.78 is 6.42. The van der Waals surface area contributed by atoms with Gasteiger partial charge in [0.2, 0.25) is 5.91 Å². The average Bonchev–Trinajstić information content (AvgIpc) is 3.24. The summed E-state index contributed by atoms with van der Waals surface area (Å²) in [6.07, 6.45) is 3.59. The molecule has 1 saturated carbocycles. The SMILES string of the molecule is O=C(CNCCCOCC1CC1)Nc1ccccc1Br. The summed E-state index contributed by atoms with van der Waals surface area (Å²) in [5, 5.41) is 5.98. The number of ether oxygens (including phenoxy) is 1. The Balaban J connectivity index is 1.50. The Labute approximate surface area is 128 Å². The predicted molar refractivity (Wildman–Crippen MR) is 83.8 cm³/mol. The highest BCUT2D eigenvalue weighted by Crippen LogP contribution is 2.28. The summed E-state index contributed by atoms with van der Waals surface area (Å²) in [5.74, 6) is 0.786. The maximum absolute atomic E-state index is 11.7. The van der Waals surface area contributed by atoms with Gasteiger partial charge in [-0.3, -0.25) is 4.79 Å². The molecule has 0 heterocycles. The maximum atomic E-state index is 11.7. The quantitative estimate of drug-likeness (QED) is 0.679. The minimum atomic E-state index is -0.0317. The number of carbonyl (C=O) groups is 1. The first kappa shape index (κ1) is 15.5. The summed E-state index contributed by atoms with van der Waals surface area (Å²) in [5.41, 5.74) is 0.798. The van der Waals surface area contributed by atoms with Crippen molar-refractivity contribution in [3.05, 3.63) is 28.7 Å². The van der Waals surface area contributed by atoms with Crippen molar-refractivity contribution in [2.24, 2.45) is 5.92 Å². The highest BCUT2D eigenvalue weighted by molar-refractivity contribution is 9.10. The summed E-state index contributed by atoms with van der Waals surface area (Å²) in [6.45, 7) is 2.80. The molecule has 2 N–H and O–H groups in total. The highest BCUT2D eigenvalue weighted by atomic mass is 79.9. The number of halogens is 1. The van der Waals surface area contributed by atoms with E-state index < -0.39 is 0 Å². The lowest BCUT2D eigenvalue weighted by molar-refractivity contribution is -0.115. The van der Waals surface area contributed by atoms with Gasteiger partial charge in [0.15, 0.2) is 0 Å². The van der Waals surface area contributed by atoms with Gasteiger partial charge in [0.1, 0.15) is 0 Å². The molecule has 1 aliphatic carbocycles. The van der Waals surface area contributed by atoms with Crippen molar-refractivity contribution in [3.8, 4) is 0 Å². The predicted octanol–water partition coefficient (Wildman–Crippen LogP) is 2.79.